The molecule has 3 heteroatoms. The third-order valence-electron chi connectivity index (χ3n) is 2.99. The molecule has 0 aliphatic heterocycles. The van der Waals surface area contributed by atoms with Crippen molar-refractivity contribution in [3.8, 4) is 0 Å². The number of aromatic nitrogens is 1. The molecule has 0 saturated carbocycles. The number of ketones is 1. The standard InChI is InChI=1S/C14H10FNO/c1-8(17)9-5-6-13-11(7-9)10-3-2-4-12(15)14(10)16-13/h2-7,16H,1H3. The third-order valence-corrected chi connectivity index (χ3v) is 2.99. The van der Waals surface area contributed by atoms with Gasteiger partial charge in [-0.3, -0.25) is 4.79 Å². The quantitative estimate of drug-likeness (QED) is 0.632. The Labute approximate surface area is 97.1 Å². The van der Waals surface area contributed by atoms with E-state index in [0.29, 0.717) is 11.1 Å². The van der Waals surface area contributed by atoms with Crippen molar-refractivity contribution in [2.24, 2.45) is 0 Å². The van der Waals surface area contributed by atoms with Crippen LogP contribution in [0.5, 0.6) is 0 Å². The highest BCUT2D eigenvalue weighted by Crippen LogP contribution is 2.27. The van der Waals surface area contributed by atoms with Crippen LogP contribution in [0.4, 0.5) is 4.39 Å². The first-order chi connectivity index (χ1) is 8.16. The van der Waals surface area contributed by atoms with Crippen molar-refractivity contribution in [1.82, 2.24) is 4.98 Å². The van der Waals surface area contributed by atoms with Crippen LogP contribution < -0.4 is 0 Å². The highest BCUT2D eigenvalue weighted by atomic mass is 19.1. The van der Waals surface area contributed by atoms with E-state index in [0.717, 1.165) is 16.3 Å². The van der Waals surface area contributed by atoms with Crippen LogP contribution in [0.2, 0.25) is 0 Å². The molecular weight excluding hydrogens is 217 g/mol. The Morgan fingerprint density at radius 2 is 2.00 bits per heavy atom. The highest BCUT2D eigenvalue weighted by molar-refractivity contribution is 6.10. The number of fused-ring (bicyclic) bond motifs is 3. The van der Waals surface area contributed by atoms with Crippen LogP contribution >= 0.6 is 0 Å². The number of carbonyl (C=O) groups is 1. The first-order valence-electron chi connectivity index (χ1n) is 5.38. The molecule has 3 aromatic rings. The van der Waals surface area contributed by atoms with Gasteiger partial charge in [0.2, 0.25) is 0 Å². The molecule has 2 aromatic carbocycles. The van der Waals surface area contributed by atoms with Crippen LogP contribution in [0.15, 0.2) is 36.4 Å². The van der Waals surface area contributed by atoms with E-state index in [2.05, 4.69) is 4.98 Å². The zero-order valence-corrected chi connectivity index (χ0v) is 9.25. The van der Waals surface area contributed by atoms with Gasteiger partial charge in [-0.1, -0.05) is 12.1 Å². The van der Waals surface area contributed by atoms with E-state index in [4.69, 9.17) is 0 Å². The summed E-state index contributed by atoms with van der Waals surface area (Å²) >= 11 is 0. The molecule has 0 saturated heterocycles. The number of nitrogens with one attached hydrogen (secondary N) is 1. The zero-order chi connectivity index (χ0) is 12.0. The van der Waals surface area contributed by atoms with E-state index < -0.39 is 0 Å². The fourth-order valence-corrected chi connectivity index (χ4v) is 2.11. The van der Waals surface area contributed by atoms with Gasteiger partial charge in [0.25, 0.3) is 0 Å². The summed E-state index contributed by atoms with van der Waals surface area (Å²) in [6.07, 6.45) is 0. The summed E-state index contributed by atoms with van der Waals surface area (Å²) < 4.78 is 13.6. The lowest BCUT2D eigenvalue weighted by Gasteiger charge is -1.96. The number of para-hydroxylation sites is 1. The molecule has 0 aliphatic carbocycles. The molecule has 3 rings (SSSR count). The number of halogens is 1. The molecule has 1 aromatic heterocycles. The monoisotopic (exact) mass is 227 g/mol. The molecule has 17 heavy (non-hydrogen) atoms. The average molecular weight is 227 g/mol. The number of hydrogen-bond acceptors (Lipinski definition) is 1. The minimum absolute atomic E-state index is 0.0117. The lowest BCUT2D eigenvalue weighted by atomic mass is 10.1. The smallest absolute Gasteiger partial charge is 0.159 e. The summed E-state index contributed by atoms with van der Waals surface area (Å²) in [6.45, 7) is 1.52. The Bertz CT molecular complexity index is 742. The van der Waals surface area contributed by atoms with Gasteiger partial charge in [-0.05, 0) is 31.2 Å². The summed E-state index contributed by atoms with van der Waals surface area (Å²) in [5.41, 5.74) is 1.97. The number of Topliss-reactive ketones (excluding diaryl/α,β-unsaturated/α-hetero) is 1. The number of benzene rings is 2. The lowest BCUT2D eigenvalue weighted by Crippen LogP contribution is -1.90. The van der Waals surface area contributed by atoms with Gasteiger partial charge in [0, 0.05) is 21.9 Å². The second kappa shape index (κ2) is 3.42. The van der Waals surface area contributed by atoms with Crippen molar-refractivity contribution in [2.45, 2.75) is 6.92 Å². The van der Waals surface area contributed by atoms with Gasteiger partial charge in [0.15, 0.2) is 5.78 Å². The van der Waals surface area contributed by atoms with Crippen LogP contribution in [0, 0.1) is 5.82 Å². The first-order valence-corrected chi connectivity index (χ1v) is 5.38. The normalized spacial score (nSPS) is 11.2. The van der Waals surface area contributed by atoms with Gasteiger partial charge in [0.1, 0.15) is 5.82 Å². The zero-order valence-electron chi connectivity index (χ0n) is 9.25. The number of rotatable bonds is 1. The summed E-state index contributed by atoms with van der Waals surface area (Å²) in [4.78, 5) is 14.4. The molecule has 0 aliphatic rings. The van der Waals surface area contributed by atoms with Crippen molar-refractivity contribution >= 4 is 27.6 Å². The lowest BCUT2D eigenvalue weighted by molar-refractivity contribution is 0.101. The maximum absolute atomic E-state index is 13.6. The maximum Gasteiger partial charge on any atom is 0.159 e. The van der Waals surface area contributed by atoms with Gasteiger partial charge >= 0.3 is 0 Å². The van der Waals surface area contributed by atoms with Gasteiger partial charge in [-0.15, -0.1) is 0 Å². The van der Waals surface area contributed by atoms with E-state index in [9.17, 15) is 9.18 Å². The van der Waals surface area contributed by atoms with Gasteiger partial charge in [-0.2, -0.15) is 0 Å². The van der Waals surface area contributed by atoms with E-state index in [-0.39, 0.29) is 11.6 Å². The maximum atomic E-state index is 13.6. The average Bonchev–Trinajstić information content (AvgIpc) is 2.68. The van der Waals surface area contributed by atoms with E-state index in [1.165, 1.54) is 13.0 Å². The van der Waals surface area contributed by atoms with Gasteiger partial charge in [-0.25, -0.2) is 4.39 Å². The summed E-state index contributed by atoms with van der Waals surface area (Å²) in [5, 5.41) is 1.69. The second-order valence-corrected chi connectivity index (χ2v) is 4.10. The van der Waals surface area contributed by atoms with Gasteiger partial charge < -0.3 is 4.98 Å². The fourth-order valence-electron chi connectivity index (χ4n) is 2.11. The molecule has 84 valence electrons. The van der Waals surface area contributed by atoms with Crippen molar-refractivity contribution in [3.63, 3.8) is 0 Å². The Morgan fingerprint density at radius 1 is 1.18 bits per heavy atom. The molecule has 1 heterocycles. The van der Waals surface area contributed by atoms with Crippen LogP contribution in [0.1, 0.15) is 17.3 Å². The number of hydrogen-bond donors (Lipinski definition) is 1. The second-order valence-electron chi connectivity index (χ2n) is 4.10. The van der Waals surface area contributed by atoms with Crippen molar-refractivity contribution in [1.29, 1.82) is 0 Å². The minimum Gasteiger partial charge on any atom is -0.352 e. The topological polar surface area (TPSA) is 32.9 Å². The van der Waals surface area contributed by atoms with Crippen molar-refractivity contribution in [2.75, 3.05) is 0 Å². The van der Waals surface area contributed by atoms with Crippen molar-refractivity contribution in [3.05, 3.63) is 47.8 Å². The molecule has 0 unspecified atom stereocenters. The molecule has 2 nitrogen and oxygen atoms in total. The van der Waals surface area contributed by atoms with Gasteiger partial charge in [0.05, 0.1) is 5.52 Å². The number of aromatic amines is 1. The molecule has 0 fully saturated rings. The predicted octanol–water partition coefficient (Wildman–Crippen LogP) is 3.66. The summed E-state index contributed by atoms with van der Waals surface area (Å²) in [5.74, 6) is -0.263. The Morgan fingerprint density at radius 3 is 2.76 bits per heavy atom. The van der Waals surface area contributed by atoms with Crippen LogP contribution in [-0.2, 0) is 0 Å². The largest absolute Gasteiger partial charge is 0.352 e. The highest BCUT2D eigenvalue weighted by Gasteiger charge is 2.09. The predicted molar refractivity (Wildman–Crippen MR) is 65.8 cm³/mol. The van der Waals surface area contributed by atoms with E-state index in [1.54, 1.807) is 18.2 Å². The number of H-pyrrole nitrogens is 1. The summed E-state index contributed by atoms with van der Waals surface area (Å²) in [7, 11) is 0. The molecule has 0 bridgehead atoms. The van der Waals surface area contributed by atoms with Crippen LogP contribution in [0.3, 0.4) is 0 Å². The van der Waals surface area contributed by atoms with Crippen LogP contribution in [-0.4, -0.2) is 10.8 Å². The van der Waals surface area contributed by atoms with Crippen LogP contribution in [0.25, 0.3) is 21.8 Å². The SMILES string of the molecule is CC(=O)c1ccc2[nH]c3c(F)cccc3c2c1. The fraction of sp³-hybridized carbons (Fsp3) is 0.0714. The molecule has 1 N–H and O–H groups in total. The minimum atomic E-state index is -0.275. The molecular formula is C14H10FNO. The Kier molecular flexibility index (Phi) is 2.01. The molecule has 0 spiro atoms. The molecule has 0 amide bonds. The Hall–Kier alpha value is -2.16. The van der Waals surface area contributed by atoms with E-state index in [1.807, 2.05) is 12.1 Å². The number of carbonyl (C=O) groups excluding carboxylic acids is 1. The molecule has 0 atom stereocenters. The first kappa shape index (κ1) is 10.0. The molecule has 0 radical (unpaired) electrons. The van der Waals surface area contributed by atoms with Crippen molar-refractivity contribution < 1.29 is 9.18 Å². The van der Waals surface area contributed by atoms with E-state index >= 15 is 0 Å². The third kappa shape index (κ3) is 1.43. The summed E-state index contributed by atoms with van der Waals surface area (Å²) in [6, 6.07) is 10.3. The Balaban J connectivity index is 2.46.